The van der Waals surface area contributed by atoms with Crippen molar-refractivity contribution >= 4 is 45.2 Å². The first-order valence-corrected chi connectivity index (χ1v) is 15.3. The molecule has 0 fully saturated rings. The molecule has 35 heavy (non-hydrogen) atoms. The van der Waals surface area contributed by atoms with Gasteiger partial charge in [0.25, 0.3) is 0 Å². The van der Waals surface area contributed by atoms with E-state index in [0.717, 1.165) is 6.42 Å². The molecule has 0 amide bonds. The lowest BCUT2D eigenvalue weighted by Gasteiger charge is -2.35. The average Bonchev–Trinajstić information content (AvgIpc) is 3.11. The molecule has 2 aliphatic carbocycles. The highest BCUT2D eigenvalue weighted by Crippen LogP contribution is 2.52. The van der Waals surface area contributed by atoms with Crippen LogP contribution in [-0.4, -0.2) is 7.38 Å². The van der Waals surface area contributed by atoms with E-state index in [1.165, 1.54) is 49.0 Å². The average molecular weight is 487 g/mol. The molecule has 6 rings (SSSR count). The fourth-order valence-electron chi connectivity index (χ4n) is 5.74. The summed E-state index contributed by atoms with van der Waals surface area (Å²) < 4.78 is 0. The second-order valence-electron chi connectivity index (χ2n) is 9.48. The Morgan fingerprint density at radius 1 is 0.771 bits per heavy atom. The van der Waals surface area contributed by atoms with Gasteiger partial charge >= 0.3 is 0 Å². The van der Waals surface area contributed by atoms with Crippen molar-refractivity contribution in [1.29, 1.82) is 0 Å². The maximum atomic E-state index is 8.11. The second kappa shape index (κ2) is 9.00. The number of fused-ring (bicyclic) bond motifs is 1. The smallest absolute Gasteiger partial charge is 0.154 e. The van der Waals surface area contributed by atoms with Crippen LogP contribution < -0.4 is 10.4 Å². The van der Waals surface area contributed by atoms with E-state index < -0.39 is 7.38 Å². The molecule has 0 N–H and O–H groups in total. The van der Waals surface area contributed by atoms with Gasteiger partial charge in [-0.15, -0.1) is 0 Å². The number of benzene rings is 4. The first-order chi connectivity index (χ1) is 17.2. The number of hydrogen-bond donors (Lipinski definition) is 0. The molecule has 0 saturated carbocycles. The topological polar surface area (TPSA) is 0 Å². The van der Waals surface area contributed by atoms with Crippen LogP contribution in [0, 0.1) is 6.92 Å². The number of halogens is 1. The van der Waals surface area contributed by atoms with E-state index in [0.29, 0.717) is 0 Å². The van der Waals surface area contributed by atoms with Crippen molar-refractivity contribution in [3.8, 4) is 0 Å². The van der Waals surface area contributed by atoms with E-state index in [9.17, 15) is 0 Å². The van der Waals surface area contributed by atoms with Crippen molar-refractivity contribution in [2.45, 2.75) is 18.9 Å². The Hall–Kier alpha value is -3.39. The largest absolute Gasteiger partial charge is 0.229 e. The van der Waals surface area contributed by atoms with Crippen molar-refractivity contribution < 1.29 is 0 Å². The third-order valence-electron chi connectivity index (χ3n) is 7.29. The van der Waals surface area contributed by atoms with Crippen LogP contribution in [0.4, 0.5) is 0 Å². The third kappa shape index (κ3) is 3.76. The summed E-state index contributed by atoms with van der Waals surface area (Å²) in [7, 11) is -2.78. The van der Waals surface area contributed by atoms with Gasteiger partial charge in [0.15, 0.2) is 0 Å². The zero-order valence-electron chi connectivity index (χ0n) is 19.8. The van der Waals surface area contributed by atoms with E-state index in [1.807, 2.05) is 0 Å². The minimum Gasteiger partial charge on any atom is -0.154 e. The lowest BCUT2D eigenvalue weighted by atomic mass is 9.94. The van der Waals surface area contributed by atoms with Crippen LogP contribution in [0.15, 0.2) is 139 Å². The molecule has 0 radical (unpaired) electrons. The summed E-state index contributed by atoms with van der Waals surface area (Å²) in [5.41, 5.74) is 6.78. The molecule has 4 aromatic rings. The summed E-state index contributed by atoms with van der Waals surface area (Å²) in [5.74, 6) is 0. The van der Waals surface area contributed by atoms with Gasteiger partial charge in [-0.2, -0.15) is 11.1 Å². The van der Waals surface area contributed by atoms with Crippen molar-refractivity contribution in [3.05, 3.63) is 150 Å². The monoisotopic (exact) mass is 486 g/mol. The van der Waals surface area contributed by atoms with E-state index in [1.54, 1.807) is 0 Å². The summed E-state index contributed by atoms with van der Waals surface area (Å²) in [6.45, 7) is 2.20. The maximum absolute atomic E-state index is 8.11. The summed E-state index contributed by atoms with van der Waals surface area (Å²) in [6, 6.07) is 35.0. The van der Waals surface area contributed by atoms with Crippen LogP contribution in [0.3, 0.4) is 0 Å². The fourth-order valence-corrected chi connectivity index (χ4v) is 10.9. The molecule has 0 aromatic heterocycles. The molecule has 2 heteroatoms. The van der Waals surface area contributed by atoms with E-state index in [2.05, 4.69) is 134 Å². The lowest BCUT2D eigenvalue weighted by molar-refractivity contribution is 1.22. The Bertz CT molecular complexity index is 1480. The van der Waals surface area contributed by atoms with Gasteiger partial charge in [0, 0.05) is 5.54 Å². The minimum atomic E-state index is -2.78. The molecule has 0 heterocycles. The molecule has 1 atom stereocenters. The Kier molecular flexibility index (Phi) is 5.68. The van der Waals surface area contributed by atoms with Crippen molar-refractivity contribution in [3.63, 3.8) is 0 Å². The molecular formula is C33H27ClSi. The summed E-state index contributed by atoms with van der Waals surface area (Å²) in [5, 5.41) is 5.07. The predicted molar refractivity (Wildman–Crippen MR) is 154 cm³/mol. The van der Waals surface area contributed by atoms with Gasteiger partial charge in [-0.1, -0.05) is 127 Å². The molecular weight excluding hydrogens is 460 g/mol. The molecule has 0 aliphatic heterocycles. The van der Waals surface area contributed by atoms with Crippen LogP contribution in [0.1, 0.15) is 17.5 Å². The molecule has 4 aromatic carbocycles. The highest BCUT2D eigenvalue weighted by atomic mass is 35.6. The van der Waals surface area contributed by atoms with Crippen LogP contribution in [0.5, 0.6) is 0 Å². The van der Waals surface area contributed by atoms with Gasteiger partial charge in [-0.3, -0.25) is 0 Å². The molecule has 0 nitrogen and oxygen atoms in total. The van der Waals surface area contributed by atoms with Crippen LogP contribution in [-0.2, 0) is 0 Å². The molecule has 1 unspecified atom stereocenters. The van der Waals surface area contributed by atoms with Gasteiger partial charge in [0.1, 0.15) is 0 Å². The highest BCUT2D eigenvalue weighted by molar-refractivity contribution is 7.35. The van der Waals surface area contributed by atoms with Crippen molar-refractivity contribution in [1.82, 2.24) is 0 Å². The van der Waals surface area contributed by atoms with Gasteiger partial charge in [-0.05, 0) is 62.3 Å². The highest BCUT2D eigenvalue weighted by Gasteiger charge is 2.49. The minimum absolute atomic E-state index is 0.102. The Morgan fingerprint density at radius 2 is 1.43 bits per heavy atom. The number of allylic oxidation sites excluding steroid dienone is 8. The number of rotatable bonds is 4. The summed E-state index contributed by atoms with van der Waals surface area (Å²) in [4.78, 5) is 0. The van der Waals surface area contributed by atoms with E-state index in [4.69, 9.17) is 11.1 Å². The summed E-state index contributed by atoms with van der Waals surface area (Å²) >= 11 is 8.11. The van der Waals surface area contributed by atoms with Gasteiger partial charge in [-0.25, -0.2) is 0 Å². The SMILES string of the molecule is Cc1cc(C2=CC3=C(C=CC=CC3)C2[Si](Cl)(c2ccccc2)c2ccccc2)c2ccccc2c1. The van der Waals surface area contributed by atoms with Crippen LogP contribution in [0.2, 0.25) is 5.54 Å². The van der Waals surface area contributed by atoms with Gasteiger partial charge < -0.3 is 0 Å². The lowest BCUT2D eigenvalue weighted by Crippen LogP contribution is -2.57. The van der Waals surface area contributed by atoms with Crippen LogP contribution >= 0.6 is 11.1 Å². The van der Waals surface area contributed by atoms with E-state index >= 15 is 0 Å². The molecule has 170 valence electrons. The molecule has 0 spiro atoms. The Morgan fingerprint density at radius 3 is 2.14 bits per heavy atom. The van der Waals surface area contributed by atoms with Crippen LogP contribution in [0.25, 0.3) is 16.3 Å². The molecule has 2 aliphatic rings. The van der Waals surface area contributed by atoms with E-state index in [-0.39, 0.29) is 5.54 Å². The van der Waals surface area contributed by atoms with Crippen molar-refractivity contribution in [2.75, 3.05) is 0 Å². The number of aryl methyl sites for hydroxylation is 1. The second-order valence-corrected chi connectivity index (χ2v) is 14.4. The quantitative estimate of drug-likeness (QED) is 0.204. The first kappa shape index (κ1) is 22.1. The zero-order chi connectivity index (χ0) is 23.8. The van der Waals surface area contributed by atoms with Gasteiger partial charge in [0.2, 0.25) is 7.38 Å². The Labute approximate surface area is 213 Å². The third-order valence-corrected chi connectivity index (χ3v) is 13.0. The number of hydrogen-bond acceptors (Lipinski definition) is 0. The fraction of sp³-hybridized carbons (Fsp3) is 0.0909. The maximum Gasteiger partial charge on any atom is 0.229 e. The molecule has 0 bridgehead atoms. The Balaban J connectivity index is 1.66. The zero-order valence-corrected chi connectivity index (χ0v) is 21.5. The molecule has 0 saturated heterocycles. The summed E-state index contributed by atoms with van der Waals surface area (Å²) in [6.07, 6.45) is 12.3. The van der Waals surface area contributed by atoms with Gasteiger partial charge in [0.05, 0.1) is 0 Å². The predicted octanol–water partition coefficient (Wildman–Crippen LogP) is 7.73. The van der Waals surface area contributed by atoms with Crippen molar-refractivity contribution in [2.24, 2.45) is 0 Å². The standard InChI is InChI=1S/C33H27ClSi/c1-24-21-25-14-11-12-19-29(25)31(22-24)32-23-26-13-5-2-10-20-30(26)33(32)35(34,27-15-6-3-7-16-27)28-17-8-4-9-18-28/h2-12,14-23,33H,13H2,1H3. The normalized spacial score (nSPS) is 17.4. The first-order valence-electron chi connectivity index (χ1n) is 12.2.